The highest BCUT2D eigenvalue weighted by molar-refractivity contribution is 7.10. The highest BCUT2D eigenvalue weighted by Gasteiger charge is 2.42. The highest BCUT2D eigenvalue weighted by Crippen LogP contribution is 2.35. The summed E-state index contributed by atoms with van der Waals surface area (Å²) in [5, 5.41) is 1.93. The second-order valence-corrected chi connectivity index (χ2v) is 6.68. The van der Waals surface area contributed by atoms with Gasteiger partial charge < -0.3 is 14.5 Å². The summed E-state index contributed by atoms with van der Waals surface area (Å²) in [4.78, 5) is 40.9. The largest absolute Gasteiger partial charge is 0.467 e. The summed E-state index contributed by atoms with van der Waals surface area (Å²) >= 11 is 1.60. The first-order valence-corrected chi connectivity index (χ1v) is 8.09. The number of esters is 1. The zero-order valence-corrected chi connectivity index (χ0v) is 13.4. The van der Waals surface area contributed by atoms with Gasteiger partial charge in [0.25, 0.3) is 0 Å². The number of ether oxygens (including phenoxy) is 1. The van der Waals surface area contributed by atoms with Crippen LogP contribution in [0.1, 0.15) is 22.9 Å². The molecule has 3 rings (SSSR count). The summed E-state index contributed by atoms with van der Waals surface area (Å²) in [5.74, 6) is -0.957. The van der Waals surface area contributed by atoms with Crippen LogP contribution in [-0.4, -0.2) is 54.8 Å². The van der Waals surface area contributed by atoms with E-state index in [9.17, 15) is 14.4 Å². The predicted molar refractivity (Wildman–Crippen MR) is 80.2 cm³/mol. The smallest absolute Gasteiger partial charge is 0.333 e. The number of amides is 2. The molecular formula is C15H18N2O4S. The molecule has 7 heteroatoms. The fraction of sp³-hybridized carbons (Fsp3) is 0.533. The van der Waals surface area contributed by atoms with Crippen molar-refractivity contribution in [3.8, 4) is 0 Å². The molecule has 1 aromatic rings. The molecule has 1 saturated heterocycles. The van der Waals surface area contributed by atoms with E-state index in [0.29, 0.717) is 13.1 Å². The van der Waals surface area contributed by atoms with E-state index in [-0.39, 0.29) is 24.2 Å². The molecule has 0 radical (unpaired) electrons. The molecule has 1 fully saturated rings. The standard InChI is InChI=1S/C15H18N2O4S/c1-16-8-9(7-12(16)18)14(19)17-5-3-11-10(4-6-22-11)13(17)15(20)21-2/h4,6,9,13H,3,5,7-8H2,1-2H3/t9-,13+/m0/s1. The third kappa shape index (κ3) is 2.39. The summed E-state index contributed by atoms with van der Waals surface area (Å²) in [5.41, 5.74) is 0.856. The number of rotatable bonds is 2. The van der Waals surface area contributed by atoms with Crippen LogP contribution in [0.25, 0.3) is 0 Å². The second kappa shape index (κ2) is 5.72. The molecule has 2 atom stereocenters. The molecule has 118 valence electrons. The van der Waals surface area contributed by atoms with E-state index in [1.807, 2.05) is 11.4 Å². The molecule has 0 spiro atoms. The molecule has 0 saturated carbocycles. The third-order valence-corrected chi connectivity index (χ3v) is 5.36. The van der Waals surface area contributed by atoms with Crippen LogP contribution in [0.15, 0.2) is 11.4 Å². The van der Waals surface area contributed by atoms with Crippen molar-refractivity contribution < 1.29 is 19.1 Å². The first-order chi connectivity index (χ1) is 10.5. The summed E-state index contributed by atoms with van der Waals surface area (Å²) in [7, 11) is 3.03. The number of nitrogens with zero attached hydrogens (tertiary/aromatic N) is 2. The van der Waals surface area contributed by atoms with Gasteiger partial charge in [0.15, 0.2) is 6.04 Å². The van der Waals surface area contributed by atoms with Crippen LogP contribution in [0, 0.1) is 5.92 Å². The van der Waals surface area contributed by atoms with E-state index in [2.05, 4.69) is 0 Å². The van der Waals surface area contributed by atoms with Crippen LogP contribution >= 0.6 is 11.3 Å². The van der Waals surface area contributed by atoms with Gasteiger partial charge >= 0.3 is 5.97 Å². The molecular weight excluding hydrogens is 304 g/mol. The number of thiophene rings is 1. The molecule has 2 amide bonds. The number of likely N-dealkylation sites (tertiary alicyclic amines) is 1. The monoisotopic (exact) mass is 322 g/mol. The Morgan fingerprint density at radius 1 is 1.41 bits per heavy atom. The average molecular weight is 322 g/mol. The van der Waals surface area contributed by atoms with E-state index in [4.69, 9.17) is 4.74 Å². The van der Waals surface area contributed by atoms with Crippen LogP contribution in [0.5, 0.6) is 0 Å². The Morgan fingerprint density at radius 3 is 2.82 bits per heavy atom. The van der Waals surface area contributed by atoms with Crippen molar-refractivity contribution in [2.45, 2.75) is 18.9 Å². The van der Waals surface area contributed by atoms with Crippen molar-refractivity contribution in [3.63, 3.8) is 0 Å². The van der Waals surface area contributed by atoms with Crippen molar-refractivity contribution in [1.82, 2.24) is 9.80 Å². The minimum atomic E-state index is -0.687. The number of carbonyl (C=O) groups excluding carboxylic acids is 3. The van der Waals surface area contributed by atoms with E-state index < -0.39 is 12.0 Å². The van der Waals surface area contributed by atoms with Crippen molar-refractivity contribution >= 4 is 29.1 Å². The Balaban J connectivity index is 1.87. The topological polar surface area (TPSA) is 66.9 Å². The minimum absolute atomic E-state index is 0.0267. The van der Waals surface area contributed by atoms with Gasteiger partial charge in [-0.2, -0.15) is 0 Å². The van der Waals surface area contributed by atoms with Gasteiger partial charge in [-0.15, -0.1) is 11.3 Å². The Bertz CT molecular complexity index is 627. The number of hydrogen-bond acceptors (Lipinski definition) is 5. The van der Waals surface area contributed by atoms with Gasteiger partial charge in [-0.1, -0.05) is 0 Å². The van der Waals surface area contributed by atoms with Gasteiger partial charge in [0.2, 0.25) is 11.8 Å². The maximum absolute atomic E-state index is 12.8. The fourth-order valence-corrected chi connectivity index (χ4v) is 4.09. The first kappa shape index (κ1) is 15.0. The summed E-state index contributed by atoms with van der Waals surface area (Å²) in [6.45, 7) is 0.902. The Morgan fingerprint density at radius 2 is 2.18 bits per heavy atom. The quantitative estimate of drug-likeness (QED) is 0.756. The molecule has 0 bridgehead atoms. The number of carbonyl (C=O) groups is 3. The molecule has 0 aromatic carbocycles. The lowest BCUT2D eigenvalue weighted by molar-refractivity contribution is -0.155. The van der Waals surface area contributed by atoms with Gasteiger partial charge in [-0.05, 0) is 23.4 Å². The van der Waals surface area contributed by atoms with Crippen LogP contribution in [0.3, 0.4) is 0 Å². The van der Waals surface area contributed by atoms with Crippen LogP contribution in [0.2, 0.25) is 0 Å². The summed E-state index contributed by atoms with van der Waals surface area (Å²) < 4.78 is 4.90. The van der Waals surface area contributed by atoms with E-state index in [1.54, 1.807) is 28.2 Å². The molecule has 3 heterocycles. The van der Waals surface area contributed by atoms with E-state index in [0.717, 1.165) is 16.9 Å². The van der Waals surface area contributed by atoms with E-state index in [1.165, 1.54) is 7.11 Å². The molecule has 0 N–H and O–H groups in total. The molecule has 2 aliphatic heterocycles. The number of hydrogen-bond donors (Lipinski definition) is 0. The van der Waals surface area contributed by atoms with E-state index >= 15 is 0 Å². The van der Waals surface area contributed by atoms with Gasteiger partial charge in [0, 0.05) is 31.4 Å². The molecule has 1 aromatic heterocycles. The number of fused-ring (bicyclic) bond motifs is 1. The molecule has 2 aliphatic rings. The maximum Gasteiger partial charge on any atom is 0.333 e. The summed E-state index contributed by atoms with van der Waals surface area (Å²) in [6.07, 6.45) is 0.957. The van der Waals surface area contributed by atoms with Gasteiger partial charge in [0.05, 0.1) is 13.0 Å². The summed E-state index contributed by atoms with van der Waals surface area (Å²) in [6, 6.07) is 1.20. The maximum atomic E-state index is 12.8. The second-order valence-electron chi connectivity index (χ2n) is 5.68. The zero-order valence-electron chi connectivity index (χ0n) is 12.6. The predicted octanol–water partition coefficient (Wildman–Crippen LogP) is 0.825. The lowest BCUT2D eigenvalue weighted by atomic mass is 9.97. The molecule has 6 nitrogen and oxygen atoms in total. The van der Waals surface area contributed by atoms with Crippen molar-refractivity contribution in [2.24, 2.45) is 5.92 Å². The minimum Gasteiger partial charge on any atom is -0.467 e. The Labute approximate surface area is 132 Å². The molecule has 0 unspecified atom stereocenters. The van der Waals surface area contributed by atoms with Crippen LogP contribution < -0.4 is 0 Å². The van der Waals surface area contributed by atoms with Gasteiger partial charge in [0.1, 0.15) is 0 Å². The van der Waals surface area contributed by atoms with Gasteiger partial charge in [-0.3, -0.25) is 9.59 Å². The highest BCUT2D eigenvalue weighted by atomic mass is 32.1. The van der Waals surface area contributed by atoms with Crippen LogP contribution in [0.4, 0.5) is 0 Å². The lowest BCUT2D eigenvalue weighted by Crippen LogP contribution is -2.46. The Hall–Kier alpha value is -1.89. The van der Waals surface area contributed by atoms with Crippen molar-refractivity contribution in [2.75, 3.05) is 27.2 Å². The first-order valence-electron chi connectivity index (χ1n) is 7.21. The molecule has 22 heavy (non-hydrogen) atoms. The normalized spacial score (nSPS) is 24.4. The third-order valence-electron chi connectivity index (χ3n) is 4.36. The fourth-order valence-electron chi connectivity index (χ4n) is 3.18. The van der Waals surface area contributed by atoms with Crippen molar-refractivity contribution in [1.29, 1.82) is 0 Å². The lowest BCUT2D eigenvalue weighted by Gasteiger charge is -2.35. The molecule has 0 aliphatic carbocycles. The SMILES string of the molecule is COC(=O)[C@H]1c2ccsc2CCN1C(=O)[C@H]1CC(=O)N(C)C1. The Kier molecular flexibility index (Phi) is 3.90. The van der Waals surface area contributed by atoms with Gasteiger partial charge in [-0.25, -0.2) is 4.79 Å². The van der Waals surface area contributed by atoms with Crippen LogP contribution in [-0.2, 0) is 25.5 Å². The van der Waals surface area contributed by atoms with Crippen molar-refractivity contribution in [3.05, 3.63) is 21.9 Å². The number of methoxy groups -OCH3 is 1. The average Bonchev–Trinajstić information content (AvgIpc) is 3.11. The zero-order chi connectivity index (χ0) is 15.9.